The fourth-order valence-electron chi connectivity index (χ4n) is 2.93. The summed E-state index contributed by atoms with van der Waals surface area (Å²) in [6.45, 7) is 0.983. The molecule has 1 saturated carbocycles. The molecule has 19 heavy (non-hydrogen) atoms. The Kier molecular flexibility index (Phi) is 3.93. The second-order valence-corrected chi connectivity index (χ2v) is 6.26. The number of rotatable bonds is 3. The Morgan fingerprint density at radius 1 is 1.16 bits per heavy atom. The van der Waals surface area contributed by atoms with Crippen molar-refractivity contribution in [1.82, 2.24) is 9.55 Å². The Balaban J connectivity index is 2.06. The van der Waals surface area contributed by atoms with E-state index in [0.717, 1.165) is 29.3 Å². The number of alkyl halides is 1. The number of benzene rings is 1. The SMILES string of the molecule is ClCc1nc2cc(Cl)c(Cl)cc2n1CC1CCCC1. The Morgan fingerprint density at radius 3 is 2.53 bits per heavy atom. The van der Waals surface area contributed by atoms with Crippen molar-refractivity contribution in [2.45, 2.75) is 38.1 Å². The molecule has 3 rings (SSSR count). The lowest BCUT2D eigenvalue weighted by Gasteiger charge is -2.13. The quantitative estimate of drug-likeness (QED) is 0.705. The van der Waals surface area contributed by atoms with Crippen LogP contribution in [-0.2, 0) is 12.4 Å². The molecule has 0 saturated heterocycles. The van der Waals surface area contributed by atoms with Crippen LogP contribution in [0.1, 0.15) is 31.5 Å². The van der Waals surface area contributed by atoms with Gasteiger partial charge < -0.3 is 4.57 Å². The van der Waals surface area contributed by atoms with Crippen molar-refractivity contribution in [3.63, 3.8) is 0 Å². The molecule has 1 fully saturated rings. The predicted octanol–water partition coefficient (Wildman–Crippen LogP) is 5.27. The molecule has 1 aromatic heterocycles. The van der Waals surface area contributed by atoms with Gasteiger partial charge in [0.25, 0.3) is 0 Å². The van der Waals surface area contributed by atoms with E-state index in [1.54, 1.807) is 0 Å². The second kappa shape index (κ2) is 5.51. The molecule has 102 valence electrons. The van der Waals surface area contributed by atoms with E-state index in [2.05, 4.69) is 9.55 Å². The van der Waals surface area contributed by atoms with Gasteiger partial charge in [0.2, 0.25) is 0 Å². The monoisotopic (exact) mass is 316 g/mol. The van der Waals surface area contributed by atoms with Crippen molar-refractivity contribution in [2.75, 3.05) is 0 Å². The van der Waals surface area contributed by atoms with Gasteiger partial charge in [-0.05, 0) is 30.9 Å². The van der Waals surface area contributed by atoms with E-state index in [4.69, 9.17) is 34.8 Å². The average Bonchev–Trinajstić information content (AvgIpc) is 3.00. The highest BCUT2D eigenvalue weighted by molar-refractivity contribution is 6.42. The molecule has 0 N–H and O–H groups in total. The van der Waals surface area contributed by atoms with Crippen LogP contribution in [0.4, 0.5) is 0 Å². The summed E-state index contributed by atoms with van der Waals surface area (Å²) in [5.41, 5.74) is 1.92. The van der Waals surface area contributed by atoms with Crippen molar-refractivity contribution < 1.29 is 0 Å². The van der Waals surface area contributed by atoms with Crippen molar-refractivity contribution >= 4 is 45.8 Å². The Labute approximate surface area is 127 Å². The minimum Gasteiger partial charge on any atom is -0.327 e. The summed E-state index contributed by atoms with van der Waals surface area (Å²) in [6.07, 6.45) is 5.26. The molecule has 0 aliphatic heterocycles. The molecule has 0 radical (unpaired) electrons. The summed E-state index contributed by atoms with van der Waals surface area (Å²) < 4.78 is 2.21. The van der Waals surface area contributed by atoms with Crippen molar-refractivity contribution in [3.05, 3.63) is 28.0 Å². The zero-order chi connectivity index (χ0) is 13.4. The lowest BCUT2D eigenvalue weighted by atomic mass is 10.1. The fourth-order valence-corrected chi connectivity index (χ4v) is 3.45. The Morgan fingerprint density at radius 2 is 1.84 bits per heavy atom. The summed E-state index contributed by atoms with van der Waals surface area (Å²) in [5, 5.41) is 1.11. The summed E-state index contributed by atoms with van der Waals surface area (Å²) in [6, 6.07) is 3.72. The van der Waals surface area contributed by atoms with E-state index in [-0.39, 0.29) is 0 Å². The number of halogens is 3. The number of aromatic nitrogens is 2. The van der Waals surface area contributed by atoms with E-state index in [1.807, 2.05) is 12.1 Å². The Hall–Kier alpha value is -0.440. The van der Waals surface area contributed by atoms with E-state index in [0.29, 0.717) is 15.9 Å². The molecule has 1 heterocycles. The lowest BCUT2D eigenvalue weighted by Crippen LogP contribution is -2.10. The van der Waals surface area contributed by atoms with Crippen LogP contribution in [0, 0.1) is 5.92 Å². The van der Waals surface area contributed by atoms with Gasteiger partial charge in [-0.15, -0.1) is 11.6 Å². The van der Waals surface area contributed by atoms with Crippen molar-refractivity contribution in [2.24, 2.45) is 5.92 Å². The third-order valence-electron chi connectivity index (χ3n) is 3.90. The number of imidazole rings is 1. The van der Waals surface area contributed by atoms with Crippen LogP contribution in [0.15, 0.2) is 12.1 Å². The van der Waals surface area contributed by atoms with E-state index in [9.17, 15) is 0 Å². The molecule has 0 amide bonds. The highest BCUT2D eigenvalue weighted by atomic mass is 35.5. The van der Waals surface area contributed by atoms with E-state index in [1.165, 1.54) is 25.7 Å². The molecule has 1 aliphatic rings. The van der Waals surface area contributed by atoms with E-state index >= 15 is 0 Å². The largest absolute Gasteiger partial charge is 0.327 e. The zero-order valence-corrected chi connectivity index (χ0v) is 12.8. The molecular weight excluding hydrogens is 303 g/mol. The second-order valence-electron chi connectivity index (χ2n) is 5.18. The molecule has 1 aromatic carbocycles. The van der Waals surface area contributed by atoms with Crippen LogP contribution in [0.5, 0.6) is 0 Å². The zero-order valence-electron chi connectivity index (χ0n) is 10.5. The third kappa shape index (κ3) is 2.58. The van der Waals surface area contributed by atoms with Gasteiger partial charge in [0, 0.05) is 6.54 Å². The molecule has 5 heteroatoms. The highest BCUT2D eigenvalue weighted by Crippen LogP contribution is 2.32. The summed E-state index contributed by atoms with van der Waals surface area (Å²) in [5.74, 6) is 2.05. The van der Waals surface area contributed by atoms with Crippen LogP contribution in [0.2, 0.25) is 10.0 Å². The van der Waals surface area contributed by atoms with Crippen LogP contribution >= 0.6 is 34.8 Å². The van der Waals surface area contributed by atoms with E-state index < -0.39 is 0 Å². The molecule has 0 bridgehead atoms. The first-order valence-electron chi connectivity index (χ1n) is 6.59. The van der Waals surface area contributed by atoms with Gasteiger partial charge in [-0.2, -0.15) is 0 Å². The first-order valence-corrected chi connectivity index (χ1v) is 7.88. The first kappa shape index (κ1) is 13.5. The van der Waals surface area contributed by atoms with Crippen LogP contribution in [0.3, 0.4) is 0 Å². The molecule has 0 atom stereocenters. The van der Waals surface area contributed by atoms with Crippen molar-refractivity contribution in [1.29, 1.82) is 0 Å². The molecule has 2 aromatic rings. The van der Waals surface area contributed by atoms with Gasteiger partial charge in [0.1, 0.15) is 5.82 Å². The summed E-state index contributed by atoms with van der Waals surface area (Å²) >= 11 is 18.2. The molecule has 1 aliphatic carbocycles. The number of nitrogens with zero attached hydrogens (tertiary/aromatic N) is 2. The minimum atomic E-state index is 0.413. The minimum absolute atomic E-state index is 0.413. The normalized spacial score (nSPS) is 16.6. The topological polar surface area (TPSA) is 17.8 Å². The molecule has 0 spiro atoms. The first-order chi connectivity index (χ1) is 9.19. The number of fused-ring (bicyclic) bond motifs is 1. The Bertz CT molecular complexity index is 600. The average molecular weight is 318 g/mol. The van der Waals surface area contributed by atoms with Gasteiger partial charge in [0.15, 0.2) is 0 Å². The van der Waals surface area contributed by atoms with Crippen LogP contribution in [-0.4, -0.2) is 9.55 Å². The third-order valence-corrected chi connectivity index (χ3v) is 4.87. The standard InChI is InChI=1S/C14H15Cl3N2/c15-7-14-18-12-5-10(16)11(17)6-13(12)19(14)8-9-3-1-2-4-9/h5-6,9H,1-4,7-8H2. The smallest absolute Gasteiger partial charge is 0.124 e. The molecule has 2 nitrogen and oxygen atoms in total. The predicted molar refractivity (Wildman–Crippen MR) is 81.3 cm³/mol. The molecule has 0 unspecified atom stereocenters. The van der Waals surface area contributed by atoms with Gasteiger partial charge in [-0.1, -0.05) is 36.0 Å². The summed E-state index contributed by atoms with van der Waals surface area (Å²) in [4.78, 5) is 4.56. The van der Waals surface area contributed by atoms with Crippen LogP contribution in [0.25, 0.3) is 11.0 Å². The number of hydrogen-bond acceptors (Lipinski definition) is 1. The van der Waals surface area contributed by atoms with Gasteiger partial charge in [-0.25, -0.2) is 4.98 Å². The maximum Gasteiger partial charge on any atom is 0.124 e. The van der Waals surface area contributed by atoms with Gasteiger partial charge >= 0.3 is 0 Å². The summed E-state index contributed by atoms with van der Waals surface area (Å²) in [7, 11) is 0. The number of hydrogen-bond donors (Lipinski definition) is 0. The molecular formula is C14H15Cl3N2. The van der Waals surface area contributed by atoms with Crippen molar-refractivity contribution in [3.8, 4) is 0 Å². The van der Waals surface area contributed by atoms with Gasteiger partial charge in [-0.3, -0.25) is 0 Å². The fraction of sp³-hybridized carbons (Fsp3) is 0.500. The maximum atomic E-state index is 6.12. The maximum absolute atomic E-state index is 6.12. The van der Waals surface area contributed by atoms with Crippen LogP contribution < -0.4 is 0 Å². The van der Waals surface area contributed by atoms with Gasteiger partial charge in [0.05, 0.1) is 27.0 Å². The lowest BCUT2D eigenvalue weighted by molar-refractivity contribution is 0.458. The highest BCUT2D eigenvalue weighted by Gasteiger charge is 2.19.